The molecule has 2 aliphatic rings. The maximum atomic E-state index is 13.3. The number of aromatic nitrogens is 1. The van der Waals surface area contributed by atoms with Gasteiger partial charge in [0.1, 0.15) is 12.4 Å². The fourth-order valence-corrected chi connectivity index (χ4v) is 5.72. The van der Waals surface area contributed by atoms with Crippen molar-refractivity contribution in [2.45, 2.75) is 51.0 Å². The second-order valence-corrected chi connectivity index (χ2v) is 11.8. The molecule has 260 valence electrons. The number of nitrogens with zero attached hydrogens (tertiary/aromatic N) is 3. The lowest BCUT2D eigenvalue weighted by Gasteiger charge is -2.33. The number of carboxylic acids is 2. The van der Waals surface area contributed by atoms with Crippen molar-refractivity contribution in [3.05, 3.63) is 24.0 Å². The molecule has 47 heavy (non-hydrogen) atoms. The third-order valence-corrected chi connectivity index (χ3v) is 8.20. The number of ether oxygens (including phenoxy) is 2. The number of methoxy groups -OCH3 is 1. The molecule has 2 atom stereocenters. The number of carbonyl (C=O) groups is 6. The number of rotatable bonds is 18. The highest BCUT2D eigenvalue weighted by Crippen LogP contribution is 2.25. The van der Waals surface area contributed by atoms with Gasteiger partial charge in [0.05, 0.1) is 57.9 Å². The van der Waals surface area contributed by atoms with E-state index in [1.165, 1.54) is 12.4 Å². The standard InChI is InChI=1S/C31H46N6O10/c1-46-30(44)20-36(19-29(42)43)18-26(38)34-10-12-47-24-13-23(15-33-16-24)25(14-28(40)41)35-31(45)22-3-2-11-37(17-22)27(39)5-4-21-6-8-32-9-7-21/h13,15-16,21-22,25,32H,2-12,14,17-20H2,1H3,(H,34,38)(H,35,45)(H,40,41)(H,42,43)/t22-,25+/m1/s1. The molecule has 0 spiro atoms. The molecule has 0 radical (unpaired) electrons. The quantitative estimate of drug-likeness (QED) is 0.102. The van der Waals surface area contributed by atoms with Crippen LogP contribution in [-0.4, -0.2) is 127 Å². The zero-order valence-electron chi connectivity index (χ0n) is 26.8. The fraction of sp³-hybridized carbons (Fsp3) is 0.645. The van der Waals surface area contributed by atoms with E-state index in [1.807, 2.05) is 0 Å². The Morgan fingerprint density at radius 1 is 1.06 bits per heavy atom. The van der Waals surface area contributed by atoms with Gasteiger partial charge in [0.25, 0.3) is 0 Å². The molecule has 1 aromatic rings. The lowest BCUT2D eigenvalue weighted by atomic mass is 9.92. The van der Waals surface area contributed by atoms with Crippen LogP contribution in [-0.2, 0) is 33.5 Å². The van der Waals surface area contributed by atoms with Crippen LogP contribution in [0.1, 0.15) is 56.6 Å². The molecule has 0 aliphatic carbocycles. The zero-order valence-corrected chi connectivity index (χ0v) is 26.8. The van der Waals surface area contributed by atoms with Crippen molar-refractivity contribution in [3.8, 4) is 5.75 Å². The van der Waals surface area contributed by atoms with E-state index in [-0.39, 0.29) is 43.8 Å². The van der Waals surface area contributed by atoms with Gasteiger partial charge >= 0.3 is 17.9 Å². The lowest BCUT2D eigenvalue weighted by Crippen LogP contribution is -2.46. The predicted molar refractivity (Wildman–Crippen MR) is 166 cm³/mol. The van der Waals surface area contributed by atoms with Gasteiger partial charge in [-0.25, -0.2) is 0 Å². The molecule has 0 saturated carbocycles. The summed E-state index contributed by atoms with van der Waals surface area (Å²) in [4.78, 5) is 79.7. The van der Waals surface area contributed by atoms with E-state index in [9.17, 15) is 33.9 Å². The normalized spacial score (nSPS) is 17.4. The van der Waals surface area contributed by atoms with Crippen LogP contribution < -0.4 is 20.7 Å². The average molecular weight is 663 g/mol. The number of carbonyl (C=O) groups excluding carboxylic acids is 4. The number of hydrogen-bond acceptors (Lipinski definition) is 11. The number of aliphatic carboxylic acids is 2. The number of likely N-dealkylation sites (tertiary alicyclic amines) is 1. The van der Waals surface area contributed by atoms with Gasteiger partial charge in [-0.05, 0) is 62.7 Å². The fourth-order valence-electron chi connectivity index (χ4n) is 5.72. The molecule has 0 bridgehead atoms. The Kier molecular flexibility index (Phi) is 15.3. The second kappa shape index (κ2) is 19.4. The molecule has 0 unspecified atom stereocenters. The topological polar surface area (TPSA) is 217 Å². The van der Waals surface area contributed by atoms with Gasteiger partial charge in [0.2, 0.25) is 17.7 Å². The molecular formula is C31H46N6O10. The summed E-state index contributed by atoms with van der Waals surface area (Å²) in [5.41, 5.74) is 0.417. The summed E-state index contributed by atoms with van der Waals surface area (Å²) >= 11 is 0. The lowest BCUT2D eigenvalue weighted by molar-refractivity contribution is -0.145. The number of nitrogens with one attached hydrogen (secondary N) is 3. The van der Waals surface area contributed by atoms with Crippen LogP contribution in [0.3, 0.4) is 0 Å². The predicted octanol–water partition coefficient (Wildman–Crippen LogP) is -0.213. The van der Waals surface area contributed by atoms with E-state index in [0.717, 1.165) is 44.4 Å². The summed E-state index contributed by atoms with van der Waals surface area (Å²) in [5, 5.41) is 27.3. The smallest absolute Gasteiger partial charge is 0.319 e. The van der Waals surface area contributed by atoms with E-state index in [2.05, 4.69) is 25.7 Å². The molecule has 2 saturated heterocycles. The third-order valence-electron chi connectivity index (χ3n) is 8.20. The zero-order chi connectivity index (χ0) is 34.2. The van der Waals surface area contributed by atoms with Gasteiger partial charge in [0, 0.05) is 25.7 Å². The van der Waals surface area contributed by atoms with Crippen molar-refractivity contribution in [1.82, 2.24) is 30.7 Å². The second-order valence-electron chi connectivity index (χ2n) is 11.8. The molecule has 1 aromatic heterocycles. The van der Waals surface area contributed by atoms with Crippen LogP contribution in [0, 0.1) is 11.8 Å². The maximum Gasteiger partial charge on any atom is 0.319 e. The molecular weight excluding hydrogens is 616 g/mol. The number of carboxylic acid groups (broad SMARTS) is 2. The minimum atomic E-state index is -1.20. The molecule has 5 N–H and O–H groups in total. The average Bonchev–Trinajstić information content (AvgIpc) is 3.05. The highest BCUT2D eigenvalue weighted by Gasteiger charge is 2.31. The minimum Gasteiger partial charge on any atom is -0.490 e. The van der Waals surface area contributed by atoms with Gasteiger partial charge in [0.15, 0.2) is 0 Å². The highest BCUT2D eigenvalue weighted by atomic mass is 16.5. The summed E-state index contributed by atoms with van der Waals surface area (Å²) in [6.45, 7) is 1.66. The summed E-state index contributed by atoms with van der Waals surface area (Å²) in [6, 6.07) is 0.669. The highest BCUT2D eigenvalue weighted by molar-refractivity contribution is 5.82. The Morgan fingerprint density at radius 3 is 2.53 bits per heavy atom. The largest absolute Gasteiger partial charge is 0.490 e. The molecule has 2 fully saturated rings. The van der Waals surface area contributed by atoms with Crippen molar-refractivity contribution in [2.75, 3.05) is 66.1 Å². The summed E-state index contributed by atoms with van der Waals surface area (Å²) in [6.07, 6.45) is 7.17. The first kappa shape index (κ1) is 37.2. The van der Waals surface area contributed by atoms with E-state index >= 15 is 0 Å². The number of piperidine rings is 2. The van der Waals surface area contributed by atoms with Gasteiger partial charge in [-0.1, -0.05) is 0 Å². The number of hydrogen-bond donors (Lipinski definition) is 5. The van der Waals surface area contributed by atoms with Crippen LogP contribution in [0.15, 0.2) is 18.5 Å². The van der Waals surface area contributed by atoms with Crippen LogP contribution in [0.2, 0.25) is 0 Å². The Morgan fingerprint density at radius 2 is 1.83 bits per heavy atom. The number of esters is 1. The van der Waals surface area contributed by atoms with Gasteiger partial charge in [-0.3, -0.25) is 38.7 Å². The van der Waals surface area contributed by atoms with Crippen molar-refractivity contribution < 1.29 is 48.5 Å². The number of pyridine rings is 1. The van der Waals surface area contributed by atoms with Gasteiger partial charge < -0.3 is 40.5 Å². The van der Waals surface area contributed by atoms with Crippen molar-refractivity contribution >= 4 is 35.6 Å². The molecule has 0 aromatic carbocycles. The van der Waals surface area contributed by atoms with Gasteiger partial charge in [-0.15, -0.1) is 0 Å². The van der Waals surface area contributed by atoms with Crippen molar-refractivity contribution in [1.29, 1.82) is 0 Å². The molecule has 16 nitrogen and oxygen atoms in total. The van der Waals surface area contributed by atoms with E-state index in [1.54, 1.807) is 11.0 Å². The van der Waals surface area contributed by atoms with Crippen LogP contribution >= 0.6 is 0 Å². The molecule has 3 amide bonds. The summed E-state index contributed by atoms with van der Waals surface area (Å²) < 4.78 is 10.2. The summed E-state index contributed by atoms with van der Waals surface area (Å²) in [5.74, 6) is -3.46. The molecule has 3 heterocycles. The van der Waals surface area contributed by atoms with Crippen LogP contribution in [0.5, 0.6) is 5.75 Å². The monoisotopic (exact) mass is 662 g/mol. The summed E-state index contributed by atoms with van der Waals surface area (Å²) in [7, 11) is 1.16. The Labute approximate surface area is 273 Å². The van der Waals surface area contributed by atoms with E-state index in [0.29, 0.717) is 43.8 Å². The first-order valence-corrected chi connectivity index (χ1v) is 15.9. The van der Waals surface area contributed by atoms with E-state index in [4.69, 9.17) is 9.84 Å². The Balaban J connectivity index is 1.50. The van der Waals surface area contributed by atoms with Crippen LogP contribution in [0.4, 0.5) is 0 Å². The first-order valence-electron chi connectivity index (χ1n) is 15.9. The number of amides is 3. The Bertz CT molecular complexity index is 1240. The van der Waals surface area contributed by atoms with Crippen molar-refractivity contribution in [2.24, 2.45) is 11.8 Å². The van der Waals surface area contributed by atoms with Gasteiger partial charge in [-0.2, -0.15) is 0 Å². The maximum absolute atomic E-state index is 13.3. The third kappa shape index (κ3) is 13.5. The van der Waals surface area contributed by atoms with Crippen LogP contribution in [0.25, 0.3) is 0 Å². The SMILES string of the molecule is COC(=O)CN(CC(=O)O)CC(=O)NCCOc1cncc([C@H](CC(=O)O)NC(=O)[C@@H]2CCCN(C(=O)CCC3CCNCC3)C2)c1. The van der Waals surface area contributed by atoms with Crippen molar-refractivity contribution in [3.63, 3.8) is 0 Å². The molecule has 2 aliphatic heterocycles. The minimum absolute atomic E-state index is 0.00628. The molecule has 16 heteroatoms. The Hall–Kier alpha value is -4.31. The first-order chi connectivity index (χ1) is 22.5. The van der Waals surface area contributed by atoms with E-state index < -0.39 is 48.7 Å². The molecule has 3 rings (SSSR count).